The summed E-state index contributed by atoms with van der Waals surface area (Å²) in [5, 5.41) is 15.2. The number of hydrogen-bond donors (Lipinski definition) is 3. The van der Waals surface area contributed by atoms with Crippen LogP contribution in [0, 0.1) is 0 Å². The molecule has 0 aliphatic carbocycles. The second-order valence-corrected chi connectivity index (χ2v) is 7.80. The second-order valence-electron chi connectivity index (χ2n) is 7.80. The zero-order valence-electron chi connectivity index (χ0n) is 18.5. The third kappa shape index (κ3) is 5.13. The molecular weight excluding hydrogens is 412 g/mol. The number of methoxy groups -OCH3 is 1. The van der Waals surface area contributed by atoms with Crippen molar-refractivity contribution < 1.29 is 9.84 Å². The fourth-order valence-corrected chi connectivity index (χ4v) is 3.66. The molecular formula is C27H26N4O2. The number of aliphatic hydroxyl groups excluding tert-OH is 1. The Labute approximate surface area is 193 Å². The normalized spacial score (nSPS) is 10.7. The Morgan fingerprint density at radius 2 is 1.73 bits per heavy atom. The van der Waals surface area contributed by atoms with Crippen molar-refractivity contribution in [2.75, 3.05) is 18.2 Å². The van der Waals surface area contributed by atoms with E-state index in [0.717, 1.165) is 22.5 Å². The molecule has 1 heterocycles. The first-order valence-corrected chi connectivity index (χ1v) is 10.5. The van der Waals surface area contributed by atoms with E-state index in [4.69, 9.17) is 10.5 Å². The lowest BCUT2D eigenvalue weighted by atomic mass is 10.1. The van der Waals surface area contributed by atoms with Crippen LogP contribution >= 0.6 is 0 Å². The van der Waals surface area contributed by atoms with Crippen LogP contribution in [0.2, 0.25) is 0 Å². The van der Waals surface area contributed by atoms with Gasteiger partial charge in [0.15, 0.2) is 0 Å². The van der Waals surface area contributed by atoms with Gasteiger partial charge in [0.25, 0.3) is 0 Å². The Morgan fingerprint density at radius 1 is 1.00 bits per heavy atom. The maximum atomic E-state index is 9.49. The lowest BCUT2D eigenvalue weighted by molar-refractivity contribution is 0.376. The standard InChI is InChI=1S/C27H26N4O2/c1-17(32)14-24-26(28)30-25(31-27(24)33-3)15-19-8-12-23(13-9-19)29-18(2)21-11-10-20-6-4-5-7-22(20)16-21/h4-13,16,29,32H,1-2,14-15H2,3H3,(H2,28,30,31). The van der Waals surface area contributed by atoms with Crippen molar-refractivity contribution in [3.8, 4) is 5.88 Å². The summed E-state index contributed by atoms with van der Waals surface area (Å²) in [4.78, 5) is 8.81. The summed E-state index contributed by atoms with van der Waals surface area (Å²) in [7, 11) is 1.51. The van der Waals surface area contributed by atoms with Crippen LogP contribution in [0.1, 0.15) is 22.5 Å². The fourth-order valence-electron chi connectivity index (χ4n) is 3.66. The van der Waals surface area contributed by atoms with Gasteiger partial charge in [0, 0.05) is 24.2 Å². The van der Waals surface area contributed by atoms with E-state index in [9.17, 15) is 5.11 Å². The second kappa shape index (κ2) is 9.44. The van der Waals surface area contributed by atoms with E-state index in [0.29, 0.717) is 23.7 Å². The quantitative estimate of drug-likeness (QED) is 0.314. The highest BCUT2D eigenvalue weighted by Gasteiger charge is 2.14. The van der Waals surface area contributed by atoms with Crippen LogP contribution < -0.4 is 15.8 Å². The minimum absolute atomic E-state index is 0.0234. The van der Waals surface area contributed by atoms with Crippen molar-refractivity contribution in [1.82, 2.24) is 9.97 Å². The van der Waals surface area contributed by atoms with Crippen LogP contribution in [0.3, 0.4) is 0 Å². The third-order valence-corrected chi connectivity index (χ3v) is 5.33. The summed E-state index contributed by atoms with van der Waals surface area (Å²) in [5.41, 5.74) is 10.4. The highest BCUT2D eigenvalue weighted by Crippen LogP contribution is 2.25. The van der Waals surface area contributed by atoms with Gasteiger partial charge in [0.2, 0.25) is 5.88 Å². The first-order chi connectivity index (χ1) is 15.9. The molecule has 4 aromatic rings. The summed E-state index contributed by atoms with van der Waals surface area (Å²) >= 11 is 0. The van der Waals surface area contributed by atoms with Gasteiger partial charge in [0.1, 0.15) is 11.6 Å². The Morgan fingerprint density at radius 3 is 2.42 bits per heavy atom. The smallest absolute Gasteiger partial charge is 0.222 e. The van der Waals surface area contributed by atoms with Gasteiger partial charge >= 0.3 is 0 Å². The molecule has 0 spiro atoms. The fraction of sp³-hybridized carbons (Fsp3) is 0.111. The number of nitrogens with one attached hydrogen (secondary N) is 1. The van der Waals surface area contributed by atoms with E-state index in [-0.39, 0.29) is 18.0 Å². The summed E-state index contributed by atoms with van der Waals surface area (Å²) in [6.07, 6.45) is 0.642. The number of nitrogen functional groups attached to an aromatic ring is 1. The van der Waals surface area contributed by atoms with E-state index in [1.165, 1.54) is 17.9 Å². The van der Waals surface area contributed by atoms with Crippen LogP contribution in [-0.2, 0) is 12.8 Å². The van der Waals surface area contributed by atoms with E-state index < -0.39 is 0 Å². The van der Waals surface area contributed by atoms with Crippen molar-refractivity contribution in [3.05, 3.63) is 108 Å². The molecule has 6 heteroatoms. The molecule has 0 aliphatic rings. The highest BCUT2D eigenvalue weighted by atomic mass is 16.5. The number of ether oxygens (including phenoxy) is 1. The molecule has 6 nitrogen and oxygen atoms in total. The van der Waals surface area contributed by atoms with Crippen molar-refractivity contribution in [2.24, 2.45) is 0 Å². The Kier molecular flexibility index (Phi) is 6.26. The van der Waals surface area contributed by atoms with Crippen LogP contribution in [0.15, 0.2) is 85.6 Å². The molecule has 0 saturated heterocycles. The Hall–Kier alpha value is -4.32. The molecule has 0 saturated carbocycles. The molecule has 33 heavy (non-hydrogen) atoms. The topological polar surface area (TPSA) is 93.3 Å². The van der Waals surface area contributed by atoms with E-state index >= 15 is 0 Å². The number of nitrogens with zero attached hydrogens (tertiary/aromatic N) is 2. The number of rotatable bonds is 8. The van der Waals surface area contributed by atoms with Gasteiger partial charge in [-0.15, -0.1) is 0 Å². The first-order valence-electron chi connectivity index (χ1n) is 10.5. The number of aliphatic hydroxyl groups is 1. The van der Waals surface area contributed by atoms with Crippen molar-refractivity contribution in [2.45, 2.75) is 12.8 Å². The molecule has 0 atom stereocenters. The number of allylic oxidation sites excluding steroid dienone is 1. The average Bonchev–Trinajstić information content (AvgIpc) is 2.81. The maximum Gasteiger partial charge on any atom is 0.222 e. The monoisotopic (exact) mass is 438 g/mol. The molecule has 1 aromatic heterocycles. The predicted molar refractivity (Wildman–Crippen MR) is 134 cm³/mol. The average molecular weight is 439 g/mol. The minimum Gasteiger partial charge on any atom is -0.513 e. The number of aromatic nitrogens is 2. The van der Waals surface area contributed by atoms with Crippen LogP contribution in [0.5, 0.6) is 5.88 Å². The van der Waals surface area contributed by atoms with Gasteiger partial charge in [-0.25, -0.2) is 4.98 Å². The van der Waals surface area contributed by atoms with Crippen LogP contribution in [-0.4, -0.2) is 22.2 Å². The van der Waals surface area contributed by atoms with Crippen LogP contribution in [0.4, 0.5) is 11.5 Å². The molecule has 4 rings (SSSR count). The van der Waals surface area contributed by atoms with Crippen LogP contribution in [0.25, 0.3) is 16.5 Å². The van der Waals surface area contributed by atoms with E-state index in [2.05, 4.69) is 58.8 Å². The number of nitrogens with two attached hydrogens (primary N) is 1. The number of anilines is 2. The molecule has 0 amide bonds. The van der Waals surface area contributed by atoms with Gasteiger partial charge < -0.3 is 20.9 Å². The van der Waals surface area contributed by atoms with Crippen molar-refractivity contribution in [3.63, 3.8) is 0 Å². The van der Waals surface area contributed by atoms with Gasteiger partial charge in [-0.3, -0.25) is 0 Å². The molecule has 0 bridgehead atoms. The summed E-state index contributed by atoms with van der Waals surface area (Å²) in [6.45, 7) is 7.69. The third-order valence-electron chi connectivity index (χ3n) is 5.33. The van der Waals surface area contributed by atoms with Gasteiger partial charge in [0.05, 0.1) is 18.4 Å². The summed E-state index contributed by atoms with van der Waals surface area (Å²) in [6, 6.07) is 22.5. The molecule has 0 fully saturated rings. The predicted octanol–water partition coefficient (Wildman–Crippen LogP) is 5.51. The Bertz CT molecular complexity index is 1330. The number of fused-ring (bicyclic) bond motifs is 1. The largest absolute Gasteiger partial charge is 0.513 e. The van der Waals surface area contributed by atoms with E-state index in [1.54, 1.807) is 0 Å². The molecule has 0 unspecified atom stereocenters. The van der Waals surface area contributed by atoms with Gasteiger partial charge in [-0.05, 0) is 40.1 Å². The minimum atomic E-state index is -0.0234. The van der Waals surface area contributed by atoms with E-state index in [1.807, 2.05) is 36.4 Å². The zero-order valence-corrected chi connectivity index (χ0v) is 18.5. The maximum absolute atomic E-state index is 9.49. The summed E-state index contributed by atoms with van der Waals surface area (Å²) in [5.74, 6) is 1.14. The highest BCUT2D eigenvalue weighted by molar-refractivity contribution is 5.87. The lowest BCUT2D eigenvalue weighted by Crippen LogP contribution is -2.09. The number of benzene rings is 3. The van der Waals surface area contributed by atoms with Crippen molar-refractivity contribution >= 4 is 28.0 Å². The zero-order chi connectivity index (χ0) is 23.4. The first kappa shape index (κ1) is 21.9. The molecule has 166 valence electrons. The molecule has 4 N–H and O–H groups in total. The SMILES string of the molecule is C=C(O)Cc1c(N)nc(Cc2ccc(NC(=C)c3ccc4ccccc4c3)cc2)nc1OC. The Balaban J connectivity index is 1.46. The lowest BCUT2D eigenvalue weighted by Gasteiger charge is -2.13. The van der Waals surface area contributed by atoms with Crippen molar-refractivity contribution in [1.29, 1.82) is 0 Å². The van der Waals surface area contributed by atoms with Gasteiger partial charge in [-0.1, -0.05) is 61.7 Å². The molecule has 0 aliphatic heterocycles. The van der Waals surface area contributed by atoms with Gasteiger partial charge in [-0.2, -0.15) is 4.98 Å². The molecule has 0 radical (unpaired) electrons. The molecule has 3 aromatic carbocycles. The summed E-state index contributed by atoms with van der Waals surface area (Å²) < 4.78 is 5.33. The number of hydrogen-bond acceptors (Lipinski definition) is 6.